The predicted octanol–water partition coefficient (Wildman–Crippen LogP) is 2.93. The summed E-state index contributed by atoms with van der Waals surface area (Å²) in [5, 5.41) is 5.09. The first-order valence-corrected chi connectivity index (χ1v) is 7.21. The van der Waals surface area contributed by atoms with Crippen molar-refractivity contribution >= 4 is 22.4 Å². The fourth-order valence-electron chi connectivity index (χ4n) is 1.65. The molecule has 3 heterocycles. The molecule has 22 heavy (non-hydrogen) atoms. The van der Waals surface area contributed by atoms with Crippen molar-refractivity contribution in [3.05, 3.63) is 53.8 Å². The number of amides is 1. The van der Waals surface area contributed by atoms with Crippen LogP contribution < -0.4 is 10.1 Å². The standard InChI is InChI=1S/C14H11N5O2S.H2/c1-9-7-22-14(18-9)19-13(20)12-4-10(2-3-17-12)21-11-5-15-8-16-6-11;/h2-8H,1H3,(H,18,19,20);1H. The van der Waals surface area contributed by atoms with Gasteiger partial charge >= 0.3 is 0 Å². The van der Waals surface area contributed by atoms with E-state index in [1.165, 1.54) is 36.3 Å². The van der Waals surface area contributed by atoms with Crippen LogP contribution in [0, 0.1) is 6.92 Å². The molecule has 3 aromatic rings. The van der Waals surface area contributed by atoms with E-state index >= 15 is 0 Å². The molecule has 3 rings (SSSR count). The first-order chi connectivity index (χ1) is 10.7. The number of aryl methyl sites for hydroxylation is 1. The quantitative estimate of drug-likeness (QED) is 0.796. The van der Waals surface area contributed by atoms with Gasteiger partial charge in [-0.3, -0.25) is 15.1 Å². The number of carbonyl (C=O) groups is 1. The van der Waals surface area contributed by atoms with Gasteiger partial charge in [0.05, 0.1) is 18.1 Å². The second-order valence-electron chi connectivity index (χ2n) is 4.30. The molecule has 3 aromatic heterocycles. The monoisotopic (exact) mass is 315 g/mol. The Kier molecular flexibility index (Phi) is 4.01. The van der Waals surface area contributed by atoms with Gasteiger partial charge in [-0.1, -0.05) is 0 Å². The lowest BCUT2D eigenvalue weighted by molar-refractivity contribution is 0.102. The van der Waals surface area contributed by atoms with Crippen molar-refractivity contribution in [3.63, 3.8) is 0 Å². The summed E-state index contributed by atoms with van der Waals surface area (Å²) in [5.74, 6) is 0.616. The molecule has 8 heteroatoms. The summed E-state index contributed by atoms with van der Waals surface area (Å²) in [7, 11) is 0. The van der Waals surface area contributed by atoms with Gasteiger partial charge in [0.2, 0.25) is 0 Å². The smallest absolute Gasteiger partial charge is 0.276 e. The summed E-state index contributed by atoms with van der Waals surface area (Å²) in [5.41, 5.74) is 1.09. The maximum Gasteiger partial charge on any atom is 0.276 e. The van der Waals surface area contributed by atoms with Gasteiger partial charge in [0, 0.05) is 19.1 Å². The van der Waals surface area contributed by atoms with Crippen molar-refractivity contribution in [2.24, 2.45) is 0 Å². The van der Waals surface area contributed by atoms with Crippen molar-refractivity contribution in [1.82, 2.24) is 19.9 Å². The topological polar surface area (TPSA) is 89.9 Å². The van der Waals surface area contributed by atoms with E-state index in [4.69, 9.17) is 4.74 Å². The average molecular weight is 315 g/mol. The van der Waals surface area contributed by atoms with Gasteiger partial charge in [0.25, 0.3) is 5.91 Å². The number of nitrogens with one attached hydrogen (secondary N) is 1. The Morgan fingerprint density at radius 1 is 1.32 bits per heavy atom. The summed E-state index contributed by atoms with van der Waals surface area (Å²) in [6.07, 6.45) is 5.98. The highest BCUT2D eigenvalue weighted by molar-refractivity contribution is 7.13. The molecule has 0 spiro atoms. The lowest BCUT2D eigenvalue weighted by Crippen LogP contribution is -2.13. The lowest BCUT2D eigenvalue weighted by Gasteiger charge is -2.06. The van der Waals surface area contributed by atoms with Crippen LogP contribution in [0.15, 0.2) is 42.4 Å². The molecule has 0 bridgehead atoms. The number of nitrogens with zero attached hydrogens (tertiary/aromatic N) is 4. The fourth-order valence-corrected chi connectivity index (χ4v) is 2.33. The number of rotatable bonds is 4. The molecular formula is C14H13N5O2S. The van der Waals surface area contributed by atoms with Crippen LogP contribution in [0.25, 0.3) is 0 Å². The minimum absolute atomic E-state index is 0. The van der Waals surface area contributed by atoms with Gasteiger partial charge in [-0.2, -0.15) is 0 Å². The summed E-state index contributed by atoms with van der Waals surface area (Å²) in [6.45, 7) is 1.86. The van der Waals surface area contributed by atoms with Crippen LogP contribution in [0.5, 0.6) is 11.5 Å². The second-order valence-corrected chi connectivity index (χ2v) is 5.16. The SMILES string of the molecule is Cc1csc(NC(=O)c2cc(Oc3cncnc3)ccn2)n1.[HH]. The molecule has 0 saturated heterocycles. The van der Waals surface area contributed by atoms with Gasteiger partial charge in [-0.15, -0.1) is 11.3 Å². The predicted molar refractivity (Wildman–Crippen MR) is 83.3 cm³/mol. The number of pyridine rings is 1. The molecule has 0 fully saturated rings. The van der Waals surface area contributed by atoms with E-state index in [0.717, 1.165) is 5.69 Å². The molecular weight excluding hydrogens is 302 g/mol. The average Bonchev–Trinajstić information content (AvgIpc) is 2.93. The zero-order chi connectivity index (χ0) is 15.4. The van der Waals surface area contributed by atoms with Crippen LogP contribution >= 0.6 is 11.3 Å². The van der Waals surface area contributed by atoms with Crippen LogP contribution in [-0.2, 0) is 0 Å². The normalized spacial score (nSPS) is 10.2. The molecule has 1 N–H and O–H groups in total. The third-order valence-electron chi connectivity index (χ3n) is 2.58. The Bertz CT molecular complexity index is 797. The first kappa shape index (κ1) is 14.1. The zero-order valence-corrected chi connectivity index (χ0v) is 12.4. The van der Waals surface area contributed by atoms with Gasteiger partial charge in [0.15, 0.2) is 10.9 Å². The van der Waals surface area contributed by atoms with Gasteiger partial charge in [-0.05, 0) is 13.0 Å². The van der Waals surface area contributed by atoms with Gasteiger partial charge in [0.1, 0.15) is 17.8 Å². The molecule has 0 aliphatic heterocycles. The molecule has 0 unspecified atom stereocenters. The molecule has 0 saturated carbocycles. The van der Waals surface area contributed by atoms with E-state index in [1.807, 2.05) is 12.3 Å². The van der Waals surface area contributed by atoms with Crippen LogP contribution in [0.1, 0.15) is 17.6 Å². The van der Waals surface area contributed by atoms with Crippen LogP contribution in [0.3, 0.4) is 0 Å². The number of thiazole rings is 1. The number of aromatic nitrogens is 4. The molecule has 0 aromatic carbocycles. The number of carbonyl (C=O) groups excluding carboxylic acids is 1. The fraction of sp³-hybridized carbons (Fsp3) is 0.0714. The van der Waals surface area contributed by atoms with Crippen LogP contribution in [0.2, 0.25) is 0 Å². The highest BCUT2D eigenvalue weighted by Gasteiger charge is 2.11. The van der Waals surface area contributed by atoms with Crippen LogP contribution in [0.4, 0.5) is 5.13 Å². The minimum atomic E-state index is -0.343. The van der Waals surface area contributed by atoms with Crippen molar-refractivity contribution in [2.75, 3.05) is 5.32 Å². The number of hydrogen-bond acceptors (Lipinski definition) is 7. The van der Waals surface area contributed by atoms with E-state index < -0.39 is 0 Å². The maximum absolute atomic E-state index is 12.1. The van der Waals surface area contributed by atoms with Crippen molar-refractivity contribution < 1.29 is 11.0 Å². The summed E-state index contributed by atoms with van der Waals surface area (Å²) < 4.78 is 5.57. The Hall–Kier alpha value is -2.87. The molecule has 0 radical (unpaired) electrons. The minimum Gasteiger partial charge on any atom is -0.454 e. The highest BCUT2D eigenvalue weighted by atomic mass is 32.1. The lowest BCUT2D eigenvalue weighted by atomic mass is 10.3. The highest BCUT2D eigenvalue weighted by Crippen LogP contribution is 2.20. The van der Waals surface area contributed by atoms with Gasteiger partial charge < -0.3 is 4.74 Å². The zero-order valence-electron chi connectivity index (χ0n) is 11.6. The summed E-state index contributed by atoms with van der Waals surface area (Å²) in [6, 6.07) is 3.19. The van der Waals surface area contributed by atoms with E-state index in [1.54, 1.807) is 12.1 Å². The Labute approximate surface area is 131 Å². The van der Waals surface area contributed by atoms with E-state index in [-0.39, 0.29) is 13.0 Å². The summed E-state index contributed by atoms with van der Waals surface area (Å²) >= 11 is 1.36. The maximum atomic E-state index is 12.1. The molecule has 0 aliphatic carbocycles. The van der Waals surface area contributed by atoms with Crippen molar-refractivity contribution in [2.45, 2.75) is 6.92 Å². The third-order valence-corrected chi connectivity index (χ3v) is 3.45. The first-order valence-electron chi connectivity index (χ1n) is 6.33. The number of hydrogen-bond donors (Lipinski definition) is 1. The molecule has 7 nitrogen and oxygen atoms in total. The van der Waals surface area contributed by atoms with E-state index in [0.29, 0.717) is 16.6 Å². The van der Waals surface area contributed by atoms with Crippen molar-refractivity contribution in [3.8, 4) is 11.5 Å². The Morgan fingerprint density at radius 2 is 2.14 bits per heavy atom. The van der Waals surface area contributed by atoms with E-state index in [9.17, 15) is 4.79 Å². The largest absolute Gasteiger partial charge is 0.454 e. The molecule has 0 atom stereocenters. The molecule has 0 aliphatic rings. The number of anilines is 1. The second kappa shape index (κ2) is 6.27. The van der Waals surface area contributed by atoms with E-state index in [2.05, 4.69) is 25.3 Å². The van der Waals surface area contributed by atoms with Crippen molar-refractivity contribution in [1.29, 1.82) is 0 Å². The number of ether oxygens (including phenoxy) is 1. The Morgan fingerprint density at radius 3 is 2.86 bits per heavy atom. The summed E-state index contributed by atoms with van der Waals surface area (Å²) in [4.78, 5) is 28.1. The molecule has 112 valence electrons. The van der Waals surface area contributed by atoms with Gasteiger partial charge in [-0.25, -0.2) is 15.0 Å². The van der Waals surface area contributed by atoms with Crippen LogP contribution in [-0.4, -0.2) is 25.8 Å². The Balaban J connectivity index is 0.00000192. The third kappa shape index (κ3) is 3.41. The molecule has 1 amide bonds.